The van der Waals surface area contributed by atoms with Crippen molar-refractivity contribution in [3.63, 3.8) is 0 Å². The summed E-state index contributed by atoms with van der Waals surface area (Å²) in [6.45, 7) is 1.37. The monoisotopic (exact) mass is 282 g/mol. The summed E-state index contributed by atoms with van der Waals surface area (Å²) in [7, 11) is 1.55. The Hall–Kier alpha value is -1.76. The minimum Gasteiger partial charge on any atom is -0.383 e. The van der Waals surface area contributed by atoms with Gasteiger partial charge in [-0.2, -0.15) is 0 Å². The maximum atomic E-state index is 11.8. The lowest BCUT2D eigenvalue weighted by Gasteiger charge is -2.25. The van der Waals surface area contributed by atoms with E-state index in [4.69, 9.17) is 10.5 Å². The summed E-state index contributed by atoms with van der Waals surface area (Å²) in [4.78, 5) is 25.8. The molecule has 1 saturated carbocycles. The van der Waals surface area contributed by atoms with E-state index in [1.54, 1.807) is 7.11 Å². The van der Waals surface area contributed by atoms with Crippen LogP contribution in [0.25, 0.3) is 0 Å². The van der Waals surface area contributed by atoms with Crippen LogP contribution in [0.2, 0.25) is 0 Å². The molecular weight excluding hydrogens is 260 g/mol. The Labute approximate surface area is 117 Å². The molecule has 1 aliphatic carbocycles. The number of hydrogen-bond acceptors (Lipinski definition) is 5. The molecule has 7 nitrogen and oxygen atoms in total. The third kappa shape index (κ3) is 3.22. The SMILES string of the molecule is COCCn1c(N)c(NCCC2CCC2)c(=O)[nH]c1=O. The van der Waals surface area contributed by atoms with Crippen molar-refractivity contribution in [2.45, 2.75) is 32.2 Å². The van der Waals surface area contributed by atoms with Gasteiger partial charge in [-0.05, 0) is 12.3 Å². The fourth-order valence-corrected chi connectivity index (χ4v) is 2.35. The van der Waals surface area contributed by atoms with Crippen LogP contribution in [0.5, 0.6) is 0 Å². The van der Waals surface area contributed by atoms with Crippen LogP contribution < -0.4 is 22.3 Å². The van der Waals surface area contributed by atoms with Gasteiger partial charge in [0.25, 0.3) is 5.56 Å². The zero-order chi connectivity index (χ0) is 14.5. The molecule has 1 aromatic heterocycles. The van der Waals surface area contributed by atoms with Crippen LogP contribution in [0.1, 0.15) is 25.7 Å². The number of aromatic nitrogens is 2. The van der Waals surface area contributed by atoms with Gasteiger partial charge >= 0.3 is 5.69 Å². The van der Waals surface area contributed by atoms with Gasteiger partial charge in [-0.15, -0.1) is 0 Å². The van der Waals surface area contributed by atoms with Gasteiger partial charge in [-0.25, -0.2) is 4.79 Å². The van der Waals surface area contributed by atoms with E-state index in [1.807, 2.05) is 0 Å². The average molecular weight is 282 g/mol. The van der Waals surface area contributed by atoms with Crippen LogP contribution in [-0.2, 0) is 11.3 Å². The lowest BCUT2D eigenvalue weighted by Crippen LogP contribution is -2.35. The van der Waals surface area contributed by atoms with Crippen molar-refractivity contribution in [3.05, 3.63) is 20.8 Å². The van der Waals surface area contributed by atoms with Gasteiger partial charge in [0.05, 0.1) is 13.2 Å². The number of ether oxygens (including phenoxy) is 1. The van der Waals surface area contributed by atoms with Crippen molar-refractivity contribution >= 4 is 11.5 Å². The molecule has 0 saturated heterocycles. The predicted molar refractivity (Wildman–Crippen MR) is 78.1 cm³/mol. The molecule has 0 spiro atoms. The Morgan fingerprint density at radius 3 is 2.80 bits per heavy atom. The first-order valence-electron chi connectivity index (χ1n) is 6.99. The second-order valence-corrected chi connectivity index (χ2v) is 5.18. The topological polar surface area (TPSA) is 102 Å². The van der Waals surface area contributed by atoms with Gasteiger partial charge in [0.15, 0.2) is 0 Å². The van der Waals surface area contributed by atoms with E-state index in [2.05, 4.69) is 10.3 Å². The summed E-state index contributed by atoms with van der Waals surface area (Å²) in [5.74, 6) is 0.923. The van der Waals surface area contributed by atoms with Crippen LogP contribution >= 0.6 is 0 Å². The molecular formula is C13H22N4O3. The summed E-state index contributed by atoms with van der Waals surface area (Å²) in [5, 5.41) is 3.06. The molecule has 0 aromatic carbocycles. The molecule has 20 heavy (non-hydrogen) atoms. The van der Waals surface area contributed by atoms with Crippen LogP contribution in [0.3, 0.4) is 0 Å². The molecule has 0 bridgehead atoms. The van der Waals surface area contributed by atoms with Crippen molar-refractivity contribution in [1.82, 2.24) is 9.55 Å². The fraction of sp³-hybridized carbons (Fsp3) is 0.692. The quantitative estimate of drug-likeness (QED) is 0.670. The van der Waals surface area contributed by atoms with Crippen molar-refractivity contribution < 1.29 is 4.74 Å². The fourth-order valence-electron chi connectivity index (χ4n) is 2.35. The van der Waals surface area contributed by atoms with Crippen LogP contribution in [0.4, 0.5) is 11.5 Å². The first-order valence-corrected chi connectivity index (χ1v) is 6.99. The van der Waals surface area contributed by atoms with Crippen molar-refractivity contribution in [3.8, 4) is 0 Å². The number of anilines is 2. The Kier molecular flexibility index (Phi) is 4.84. The highest BCUT2D eigenvalue weighted by Gasteiger charge is 2.17. The van der Waals surface area contributed by atoms with E-state index in [9.17, 15) is 9.59 Å². The van der Waals surface area contributed by atoms with Gasteiger partial charge in [0.1, 0.15) is 11.5 Å². The van der Waals surface area contributed by atoms with E-state index < -0.39 is 11.2 Å². The summed E-state index contributed by atoms with van der Waals surface area (Å²) < 4.78 is 6.25. The minimum atomic E-state index is -0.505. The zero-order valence-corrected chi connectivity index (χ0v) is 11.8. The number of H-pyrrole nitrogens is 1. The van der Waals surface area contributed by atoms with Gasteiger partial charge in [-0.1, -0.05) is 19.3 Å². The largest absolute Gasteiger partial charge is 0.383 e. The van der Waals surface area contributed by atoms with Gasteiger partial charge in [0, 0.05) is 13.7 Å². The number of hydrogen-bond donors (Lipinski definition) is 3. The van der Waals surface area contributed by atoms with Gasteiger partial charge in [0.2, 0.25) is 0 Å². The molecule has 0 radical (unpaired) electrons. The maximum absolute atomic E-state index is 11.8. The summed E-state index contributed by atoms with van der Waals surface area (Å²) >= 11 is 0. The molecule has 1 heterocycles. The highest BCUT2D eigenvalue weighted by Crippen LogP contribution is 2.29. The lowest BCUT2D eigenvalue weighted by atomic mass is 9.83. The van der Waals surface area contributed by atoms with E-state index in [0.29, 0.717) is 19.7 Å². The Morgan fingerprint density at radius 2 is 2.20 bits per heavy atom. The number of nitrogen functional groups attached to an aromatic ring is 1. The van der Waals surface area contributed by atoms with Crippen molar-refractivity contribution in [2.24, 2.45) is 5.92 Å². The molecule has 112 valence electrons. The standard InChI is InChI=1S/C13H22N4O3/c1-20-8-7-17-11(14)10(12(18)16-13(17)19)15-6-5-9-3-2-4-9/h9,15H,2-8,14H2,1H3,(H,16,18,19). The molecule has 2 rings (SSSR count). The summed E-state index contributed by atoms with van der Waals surface area (Å²) in [6, 6.07) is 0. The molecule has 0 unspecified atom stereocenters. The van der Waals surface area contributed by atoms with E-state index in [0.717, 1.165) is 12.3 Å². The van der Waals surface area contributed by atoms with E-state index in [-0.39, 0.29) is 11.5 Å². The Morgan fingerprint density at radius 1 is 1.45 bits per heavy atom. The normalized spacial score (nSPS) is 15.1. The van der Waals surface area contributed by atoms with E-state index >= 15 is 0 Å². The second kappa shape index (κ2) is 6.60. The number of rotatable bonds is 7. The van der Waals surface area contributed by atoms with Crippen LogP contribution in [0, 0.1) is 5.92 Å². The van der Waals surface area contributed by atoms with Crippen LogP contribution in [-0.4, -0.2) is 29.8 Å². The Bertz CT molecular complexity index is 560. The maximum Gasteiger partial charge on any atom is 0.330 e. The molecule has 0 aliphatic heterocycles. The number of methoxy groups -OCH3 is 1. The summed E-state index contributed by atoms with van der Waals surface area (Å²) in [6.07, 6.45) is 4.85. The minimum absolute atomic E-state index is 0.171. The molecule has 1 aromatic rings. The first kappa shape index (κ1) is 14.6. The predicted octanol–water partition coefficient (Wildman–Crippen LogP) is 0.367. The number of nitrogens with zero attached hydrogens (tertiary/aromatic N) is 1. The number of nitrogens with two attached hydrogens (primary N) is 1. The molecule has 0 amide bonds. The number of nitrogens with one attached hydrogen (secondary N) is 2. The second-order valence-electron chi connectivity index (χ2n) is 5.18. The molecule has 4 N–H and O–H groups in total. The molecule has 7 heteroatoms. The highest BCUT2D eigenvalue weighted by molar-refractivity contribution is 5.60. The zero-order valence-electron chi connectivity index (χ0n) is 11.8. The van der Waals surface area contributed by atoms with Crippen molar-refractivity contribution in [1.29, 1.82) is 0 Å². The van der Waals surface area contributed by atoms with E-state index in [1.165, 1.54) is 23.8 Å². The molecule has 1 aliphatic rings. The first-order chi connectivity index (χ1) is 9.63. The Balaban J connectivity index is 2.09. The highest BCUT2D eigenvalue weighted by atomic mass is 16.5. The lowest BCUT2D eigenvalue weighted by molar-refractivity contribution is 0.186. The third-order valence-electron chi connectivity index (χ3n) is 3.84. The van der Waals surface area contributed by atoms with Gasteiger partial charge in [-0.3, -0.25) is 14.3 Å². The van der Waals surface area contributed by atoms with Crippen LogP contribution in [0.15, 0.2) is 9.59 Å². The average Bonchev–Trinajstić information content (AvgIpc) is 2.35. The summed E-state index contributed by atoms with van der Waals surface area (Å²) in [5.41, 5.74) is 5.22. The third-order valence-corrected chi connectivity index (χ3v) is 3.84. The number of aromatic amines is 1. The smallest absolute Gasteiger partial charge is 0.330 e. The van der Waals surface area contributed by atoms with Gasteiger partial charge < -0.3 is 15.8 Å². The molecule has 1 fully saturated rings. The molecule has 0 atom stereocenters. The van der Waals surface area contributed by atoms with Crippen molar-refractivity contribution in [2.75, 3.05) is 31.3 Å².